The average molecular weight is 380 g/mol. The number of nitrogen functional groups attached to an aromatic ring is 1. The molecule has 0 amide bonds. The van der Waals surface area contributed by atoms with Crippen LogP contribution in [0.2, 0.25) is 5.02 Å². The molecule has 134 valence electrons. The third-order valence-corrected chi connectivity index (χ3v) is 4.26. The van der Waals surface area contributed by atoms with Crippen molar-refractivity contribution < 1.29 is 17.4 Å². The average Bonchev–Trinajstić information content (AvgIpc) is 2.58. The van der Waals surface area contributed by atoms with Gasteiger partial charge in [0.1, 0.15) is 0 Å². The third kappa shape index (κ3) is 6.17. The van der Waals surface area contributed by atoms with Crippen molar-refractivity contribution in [2.24, 2.45) is 0 Å². The van der Waals surface area contributed by atoms with Crippen molar-refractivity contribution in [2.45, 2.75) is 43.7 Å². The number of rotatable bonds is 2. The highest BCUT2D eigenvalue weighted by molar-refractivity contribution is 7.85. The van der Waals surface area contributed by atoms with E-state index in [0.29, 0.717) is 10.6 Å². The van der Waals surface area contributed by atoms with Crippen molar-refractivity contribution in [1.29, 1.82) is 0 Å². The van der Waals surface area contributed by atoms with E-state index in [1.807, 2.05) is 27.7 Å². The van der Waals surface area contributed by atoms with Gasteiger partial charge in [-0.15, -0.1) is 0 Å². The minimum Gasteiger partial charge on any atom is -0.399 e. The summed E-state index contributed by atoms with van der Waals surface area (Å²) in [5, 5.41) is -0.421. The molecule has 0 aliphatic rings. The Balaban J connectivity index is 0.00000123. The van der Waals surface area contributed by atoms with Crippen LogP contribution in [0.25, 0.3) is 0 Å². The largest absolute Gasteiger partial charge is 0.417 e. The van der Waals surface area contributed by atoms with Gasteiger partial charge in [0.2, 0.25) is 0 Å². The second-order valence-electron chi connectivity index (χ2n) is 3.98. The fourth-order valence-electron chi connectivity index (χ4n) is 1.56. The first-order valence-electron chi connectivity index (χ1n) is 7.43. The Morgan fingerprint density at radius 2 is 1.38 bits per heavy atom. The van der Waals surface area contributed by atoms with E-state index >= 15 is 0 Å². The van der Waals surface area contributed by atoms with E-state index < -0.39 is 27.6 Å². The number of benzene rings is 2. The van der Waals surface area contributed by atoms with Gasteiger partial charge in [0.05, 0.1) is 21.4 Å². The van der Waals surface area contributed by atoms with Crippen molar-refractivity contribution in [1.82, 2.24) is 0 Å². The molecule has 1 unspecified atom stereocenters. The van der Waals surface area contributed by atoms with Gasteiger partial charge in [-0.05, 0) is 42.5 Å². The Kier molecular flexibility index (Phi) is 9.70. The van der Waals surface area contributed by atoms with Crippen LogP contribution in [0, 0.1) is 0 Å². The standard InChI is InChI=1S/C13H9ClF3NOS.2C2H6/c14-12-6-5-10(7-11(12)13(15,16)17)20(19)9-3-1-8(18)2-4-9;2*1-2/h1-7H,18H2;2*1-2H3. The zero-order chi connectivity index (χ0) is 18.9. The van der Waals surface area contributed by atoms with E-state index in [9.17, 15) is 17.4 Å². The van der Waals surface area contributed by atoms with Crippen LogP contribution in [-0.2, 0) is 17.0 Å². The zero-order valence-electron chi connectivity index (χ0n) is 13.9. The SMILES string of the molecule is CC.CC.Nc1ccc(S(=O)c2ccc(Cl)c(C(F)(F)F)c2)cc1. The Labute approximate surface area is 148 Å². The molecule has 2 nitrogen and oxygen atoms in total. The molecule has 0 fully saturated rings. The normalized spacial score (nSPS) is 11.5. The van der Waals surface area contributed by atoms with Crippen LogP contribution < -0.4 is 5.73 Å². The fraction of sp³-hybridized carbons (Fsp3) is 0.294. The van der Waals surface area contributed by atoms with E-state index in [2.05, 4.69) is 0 Å². The summed E-state index contributed by atoms with van der Waals surface area (Å²) in [6.07, 6.45) is -4.58. The molecule has 0 radical (unpaired) electrons. The van der Waals surface area contributed by atoms with Crippen LogP contribution in [0.4, 0.5) is 18.9 Å². The van der Waals surface area contributed by atoms with Crippen LogP contribution in [0.3, 0.4) is 0 Å². The van der Waals surface area contributed by atoms with Crippen molar-refractivity contribution >= 4 is 28.1 Å². The van der Waals surface area contributed by atoms with E-state index in [4.69, 9.17) is 17.3 Å². The summed E-state index contributed by atoms with van der Waals surface area (Å²) in [6.45, 7) is 8.00. The molecule has 2 N–H and O–H groups in total. The maximum absolute atomic E-state index is 12.7. The van der Waals surface area contributed by atoms with Gasteiger partial charge in [-0.1, -0.05) is 39.3 Å². The van der Waals surface area contributed by atoms with Crippen molar-refractivity contribution in [3.8, 4) is 0 Å². The number of halogens is 4. The Hall–Kier alpha value is -1.53. The summed E-state index contributed by atoms with van der Waals surface area (Å²) in [5.74, 6) is 0. The first kappa shape index (κ1) is 22.5. The number of hydrogen-bond donors (Lipinski definition) is 1. The molecule has 0 aliphatic heterocycles. The molecule has 0 saturated heterocycles. The quantitative estimate of drug-likeness (QED) is 0.635. The van der Waals surface area contributed by atoms with E-state index in [1.54, 1.807) is 0 Å². The first-order valence-corrected chi connectivity index (χ1v) is 8.96. The number of alkyl halides is 3. The van der Waals surface area contributed by atoms with Gasteiger partial charge in [0, 0.05) is 15.5 Å². The molecule has 0 spiro atoms. The molecule has 1 atom stereocenters. The van der Waals surface area contributed by atoms with Crippen LogP contribution >= 0.6 is 11.6 Å². The lowest BCUT2D eigenvalue weighted by Crippen LogP contribution is -2.07. The summed E-state index contributed by atoms with van der Waals surface area (Å²) in [5.41, 5.74) is 4.99. The monoisotopic (exact) mass is 379 g/mol. The molecule has 2 aromatic carbocycles. The molecule has 0 aromatic heterocycles. The summed E-state index contributed by atoms with van der Waals surface area (Å²) >= 11 is 5.52. The maximum Gasteiger partial charge on any atom is 0.417 e. The maximum atomic E-state index is 12.7. The summed E-state index contributed by atoms with van der Waals surface area (Å²) in [6, 6.07) is 9.29. The summed E-state index contributed by atoms with van der Waals surface area (Å²) in [4.78, 5) is 0.404. The third-order valence-electron chi connectivity index (χ3n) is 2.55. The highest BCUT2D eigenvalue weighted by Crippen LogP contribution is 2.36. The Morgan fingerprint density at radius 3 is 1.83 bits per heavy atom. The second-order valence-corrected chi connectivity index (χ2v) is 5.86. The molecular formula is C17H21ClF3NOS. The smallest absolute Gasteiger partial charge is 0.399 e. The number of hydrogen-bond acceptors (Lipinski definition) is 2. The summed E-state index contributed by atoms with van der Waals surface area (Å²) in [7, 11) is -1.72. The molecule has 0 aliphatic carbocycles. The highest BCUT2D eigenvalue weighted by atomic mass is 35.5. The van der Waals surface area contributed by atoms with Gasteiger partial charge in [0.15, 0.2) is 0 Å². The van der Waals surface area contributed by atoms with Crippen LogP contribution in [0.1, 0.15) is 33.3 Å². The van der Waals surface area contributed by atoms with E-state index in [-0.39, 0.29) is 4.90 Å². The number of anilines is 1. The zero-order valence-corrected chi connectivity index (χ0v) is 15.5. The van der Waals surface area contributed by atoms with Gasteiger partial charge in [-0.2, -0.15) is 13.2 Å². The van der Waals surface area contributed by atoms with E-state index in [0.717, 1.165) is 12.1 Å². The van der Waals surface area contributed by atoms with Crippen molar-refractivity contribution in [2.75, 3.05) is 5.73 Å². The highest BCUT2D eigenvalue weighted by Gasteiger charge is 2.33. The topological polar surface area (TPSA) is 43.1 Å². The molecular weight excluding hydrogens is 359 g/mol. The lowest BCUT2D eigenvalue weighted by atomic mass is 10.2. The van der Waals surface area contributed by atoms with Gasteiger partial charge >= 0.3 is 6.18 Å². The summed E-state index contributed by atoms with van der Waals surface area (Å²) < 4.78 is 50.5. The van der Waals surface area contributed by atoms with Crippen LogP contribution in [-0.4, -0.2) is 4.21 Å². The molecule has 24 heavy (non-hydrogen) atoms. The first-order chi connectivity index (χ1) is 11.3. The molecule has 2 rings (SSSR count). The van der Waals surface area contributed by atoms with Gasteiger partial charge in [-0.3, -0.25) is 0 Å². The minimum absolute atomic E-state index is 0.0338. The molecule has 0 saturated carbocycles. The number of nitrogens with two attached hydrogens (primary N) is 1. The molecule has 2 aromatic rings. The predicted molar refractivity (Wildman–Crippen MR) is 94.7 cm³/mol. The van der Waals surface area contributed by atoms with Gasteiger partial charge in [0.25, 0.3) is 0 Å². The lowest BCUT2D eigenvalue weighted by Gasteiger charge is -2.11. The second kappa shape index (κ2) is 10.4. The molecule has 0 heterocycles. The van der Waals surface area contributed by atoms with Crippen molar-refractivity contribution in [3.63, 3.8) is 0 Å². The van der Waals surface area contributed by atoms with Gasteiger partial charge < -0.3 is 5.73 Å². The van der Waals surface area contributed by atoms with Gasteiger partial charge in [-0.25, -0.2) is 4.21 Å². The predicted octanol–water partition coefficient (Wildman–Crippen LogP) is 6.16. The molecule has 0 bridgehead atoms. The lowest BCUT2D eigenvalue weighted by molar-refractivity contribution is -0.137. The van der Waals surface area contributed by atoms with Crippen LogP contribution in [0.15, 0.2) is 52.3 Å². The van der Waals surface area contributed by atoms with E-state index in [1.165, 1.54) is 30.3 Å². The molecule has 7 heteroatoms. The Morgan fingerprint density at radius 1 is 0.917 bits per heavy atom. The fourth-order valence-corrected chi connectivity index (χ4v) is 2.86. The van der Waals surface area contributed by atoms with Crippen LogP contribution in [0.5, 0.6) is 0 Å². The Bertz CT molecular complexity index is 658. The van der Waals surface area contributed by atoms with Crippen molar-refractivity contribution in [3.05, 3.63) is 53.1 Å². The minimum atomic E-state index is -4.58.